The van der Waals surface area contributed by atoms with Crippen molar-refractivity contribution in [2.75, 3.05) is 19.0 Å². The molecule has 1 aliphatic rings. The molecule has 2 heterocycles. The molecule has 2 aromatic carbocycles. The van der Waals surface area contributed by atoms with Crippen LogP contribution in [0.1, 0.15) is 36.5 Å². The van der Waals surface area contributed by atoms with Crippen LogP contribution in [-0.4, -0.2) is 53.8 Å². The highest BCUT2D eigenvalue weighted by Crippen LogP contribution is 2.28. The molecule has 1 aromatic heterocycles. The number of rotatable bonds is 7. The lowest BCUT2D eigenvalue weighted by Crippen LogP contribution is -2.41. The van der Waals surface area contributed by atoms with E-state index in [-0.39, 0.29) is 22.2 Å². The van der Waals surface area contributed by atoms with Crippen LogP contribution in [0.5, 0.6) is 5.75 Å². The van der Waals surface area contributed by atoms with Crippen molar-refractivity contribution in [2.24, 2.45) is 5.73 Å². The number of aromatic nitrogens is 2. The van der Waals surface area contributed by atoms with Crippen LogP contribution in [-0.2, 0) is 21.4 Å². The molecule has 1 aliphatic heterocycles. The molecule has 1 fully saturated rings. The summed E-state index contributed by atoms with van der Waals surface area (Å²) in [6, 6.07) is 8.64. The summed E-state index contributed by atoms with van der Waals surface area (Å²) in [5.41, 5.74) is 5.39. The molecule has 0 radical (unpaired) electrons. The van der Waals surface area contributed by atoms with Gasteiger partial charge in [0.05, 0.1) is 23.2 Å². The summed E-state index contributed by atoms with van der Waals surface area (Å²) in [5.74, 6) is -0.948. The number of primary amides is 1. The number of hydrogen-bond donors (Lipinski definition) is 2. The molecular formula is C24H27N5O6S. The van der Waals surface area contributed by atoms with Gasteiger partial charge >= 0.3 is 5.69 Å². The largest absolute Gasteiger partial charge is 0.495 e. The lowest BCUT2D eigenvalue weighted by Gasteiger charge is -2.32. The number of nitrogens with zero attached hydrogens (tertiary/aromatic N) is 3. The van der Waals surface area contributed by atoms with E-state index >= 15 is 0 Å². The first-order valence-electron chi connectivity index (χ1n) is 11.4. The highest BCUT2D eigenvalue weighted by atomic mass is 32.2. The number of ether oxygens (including phenoxy) is 1. The smallest absolute Gasteiger partial charge is 0.348 e. The van der Waals surface area contributed by atoms with Crippen molar-refractivity contribution in [3.8, 4) is 5.75 Å². The van der Waals surface area contributed by atoms with E-state index in [0.29, 0.717) is 23.2 Å². The van der Waals surface area contributed by atoms with Gasteiger partial charge in [-0.2, -0.15) is 4.31 Å². The maximum absolute atomic E-state index is 13.2. The van der Waals surface area contributed by atoms with Gasteiger partial charge in [0.25, 0.3) is 0 Å². The molecule has 0 bridgehead atoms. The van der Waals surface area contributed by atoms with Crippen LogP contribution in [0, 0.1) is 0 Å². The Labute approximate surface area is 207 Å². The van der Waals surface area contributed by atoms with Crippen LogP contribution in [0.15, 0.2) is 52.3 Å². The Morgan fingerprint density at radius 1 is 1.19 bits per heavy atom. The molecule has 11 nitrogen and oxygen atoms in total. The molecule has 0 aliphatic carbocycles. The van der Waals surface area contributed by atoms with Gasteiger partial charge in [0.15, 0.2) is 0 Å². The van der Waals surface area contributed by atoms with Gasteiger partial charge in [-0.25, -0.2) is 18.2 Å². The molecule has 12 heteroatoms. The number of anilines is 1. The van der Waals surface area contributed by atoms with Gasteiger partial charge in [0, 0.05) is 29.7 Å². The third-order valence-corrected chi connectivity index (χ3v) is 8.25. The first-order chi connectivity index (χ1) is 17.1. The molecule has 0 unspecified atom stereocenters. The fraction of sp³-hybridized carbons (Fsp3) is 0.333. The summed E-state index contributed by atoms with van der Waals surface area (Å²) in [4.78, 5) is 40.8. The van der Waals surface area contributed by atoms with Gasteiger partial charge in [-0.05, 0) is 56.2 Å². The van der Waals surface area contributed by atoms with Crippen LogP contribution in [0.4, 0.5) is 5.69 Å². The second-order valence-electron chi connectivity index (χ2n) is 8.64. The number of methoxy groups -OCH3 is 1. The van der Waals surface area contributed by atoms with Gasteiger partial charge in [0.1, 0.15) is 12.3 Å². The number of carbonyl (C=O) groups excluding carboxylic acids is 2. The monoisotopic (exact) mass is 513 g/mol. The minimum Gasteiger partial charge on any atom is -0.495 e. The van der Waals surface area contributed by atoms with Crippen molar-refractivity contribution >= 4 is 38.4 Å². The molecule has 4 rings (SSSR count). The Morgan fingerprint density at radius 3 is 2.67 bits per heavy atom. The quantitative estimate of drug-likeness (QED) is 0.487. The maximum atomic E-state index is 13.2. The molecule has 36 heavy (non-hydrogen) atoms. The number of benzene rings is 2. The summed E-state index contributed by atoms with van der Waals surface area (Å²) in [7, 11) is -2.31. The van der Waals surface area contributed by atoms with Gasteiger partial charge in [-0.3, -0.25) is 14.2 Å². The van der Waals surface area contributed by atoms with Crippen LogP contribution in [0.3, 0.4) is 0 Å². The summed E-state index contributed by atoms with van der Waals surface area (Å²) < 4.78 is 34.3. The van der Waals surface area contributed by atoms with E-state index in [1.807, 2.05) is 6.92 Å². The number of nitrogens with two attached hydrogens (primary N) is 1. The number of nitrogens with one attached hydrogen (secondary N) is 1. The van der Waals surface area contributed by atoms with Crippen LogP contribution < -0.4 is 21.5 Å². The van der Waals surface area contributed by atoms with E-state index in [1.165, 1.54) is 54.0 Å². The number of amides is 2. The van der Waals surface area contributed by atoms with Crippen LogP contribution in [0.25, 0.3) is 10.9 Å². The topological polar surface area (TPSA) is 154 Å². The average Bonchev–Trinajstić information content (AvgIpc) is 2.85. The molecule has 190 valence electrons. The van der Waals surface area contributed by atoms with Gasteiger partial charge in [-0.15, -0.1) is 0 Å². The zero-order chi connectivity index (χ0) is 26.0. The van der Waals surface area contributed by atoms with E-state index < -0.39 is 34.1 Å². The van der Waals surface area contributed by atoms with Crippen molar-refractivity contribution < 1.29 is 22.7 Å². The Bertz CT molecular complexity index is 1500. The predicted octanol–water partition coefficient (Wildman–Crippen LogP) is 1.71. The molecule has 2 amide bonds. The first kappa shape index (κ1) is 25.3. The zero-order valence-electron chi connectivity index (χ0n) is 19.9. The van der Waals surface area contributed by atoms with E-state index in [1.54, 1.807) is 0 Å². The third-order valence-electron chi connectivity index (χ3n) is 6.24. The molecule has 1 saturated heterocycles. The third kappa shape index (κ3) is 4.95. The predicted molar refractivity (Wildman–Crippen MR) is 133 cm³/mol. The molecular weight excluding hydrogens is 486 g/mol. The fourth-order valence-corrected chi connectivity index (χ4v) is 6.08. The van der Waals surface area contributed by atoms with Gasteiger partial charge in [-0.1, -0.05) is 6.42 Å². The highest BCUT2D eigenvalue weighted by Gasteiger charge is 2.31. The summed E-state index contributed by atoms with van der Waals surface area (Å²) >= 11 is 0. The molecule has 0 spiro atoms. The standard InChI is InChI=1S/C24H27N5O6S/c1-15-5-3-4-10-29(15)36(33,34)18-7-8-20-17(11-18)13-26-24(32)28(20)14-22(30)27-19-12-16(23(25)31)6-9-21(19)35-2/h6-9,11-13,15H,3-5,10,14H2,1-2H3,(H2,25,31)(H,27,30)/t15-/m0/s1. The SMILES string of the molecule is COc1ccc(C(N)=O)cc1NC(=O)Cn1c(=O)ncc2cc(S(=O)(=O)N3CCCC[C@@H]3C)ccc21. The summed E-state index contributed by atoms with van der Waals surface area (Å²) in [5, 5.41) is 3.02. The van der Waals surface area contributed by atoms with Crippen molar-refractivity contribution in [2.45, 2.75) is 43.7 Å². The summed E-state index contributed by atoms with van der Waals surface area (Å²) in [6.45, 7) is 1.95. The van der Waals surface area contributed by atoms with E-state index in [2.05, 4.69) is 10.3 Å². The Balaban J connectivity index is 1.64. The van der Waals surface area contributed by atoms with Crippen molar-refractivity contribution in [1.29, 1.82) is 0 Å². The average molecular weight is 514 g/mol. The van der Waals surface area contributed by atoms with Crippen molar-refractivity contribution in [3.05, 3.63) is 58.6 Å². The number of sulfonamides is 1. The van der Waals surface area contributed by atoms with Gasteiger partial charge < -0.3 is 15.8 Å². The highest BCUT2D eigenvalue weighted by molar-refractivity contribution is 7.89. The number of carbonyl (C=O) groups is 2. The van der Waals surface area contributed by atoms with Crippen molar-refractivity contribution in [1.82, 2.24) is 13.9 Å². The minimum atomic E-state index is -3.72. The molecule has 3 aromatic rings. The van der Waals surface area contributed by atoms with Gasteiger partial charge in [0.2, 0.25) is 21.8 Å². The van der Waals surface area contributed by atoms with Crippen molar-refractivity contribution in [3.63, 3.8) is 0 Å². The Morgan fingerprint density at radius 2 is 1.97 bits per heavy atom. The second kappa shape index (κ2) is 10.1. The van der Waals surface area contributed by atoms with Crippen LogP contribution in [0.2, 0.25) is 0 Å². The Kier molecular flexibility index (Phi) is 7.09. The second-order valence-corrected chi connectivity index (χ2v) is 10.5. The minimum absolute atomic E-state index is 0.0970. The number of piperidine rings is 1. The van der Waals surface area contributed by atoms with E-state index in [4.69, 9.17) is 10.5 Å². The first-order valence-corrected chi connectivity index (χ1v) is 12.8. The molecule has 3 N–H and O–H groups in total. The lowest BCUT2D eigenvalue weighted by atomic mass is 10.1. The van der Waals surface area contributed by atoms with Crippen LogP contribution >= 0.6 is 0 Å². The normalized spacial score (nSPS) is 16.6. The van der Waals surface area contributed by atoms with E-state index in [9.17, 15) is 22.8 Å². The zero-order valence-corrected chi connectivity index (χ0v) is 20.7. The maximum Gasteiger partial charge on any atom is 0.348 e. The number of hydrogen-bond acceptors (Lipinski definition) is 7. The molecule has 1 atom stereocenters. The lowest BCUT2D eigenvalue weighted by molar-refractivity contribution is -0.116. The van der Waals surface area contributed by atoms with E-state index in [0.717, 1.165) is 23.8 Å². The fourth-order valence-electron chi connectivity index (χ4n) is 4.35. The number of fused-ring (bicyclic) bond motifs is 1. The molecule has 0 saturated carbocycles. The Hall–Kier alpha value is -3.77. The summed E-state index contributed by atoms with van der Waals surface area (Å²) in [6.07, 6.45) is 3.89.